The first kappa shape index (κ1) is 30.0. The highest BCUT2D eigenvalue weighted by Crippen LogP contribution is 2.33. The monoisotopic (exact) mass is 599 g/mol. The standard InChI is InChI=1S/C32H30FN5O6/c1-19(43-29(39)17-34)18-37-20(2)30(32(41)38(37)22-7-5-4-6-8-22)31(40)36-21-9-12-28(25(33)15-21)44-27-13-14-35-26-16-23(42-3)10-11-24(26)27/h4-16,19H,17-18,34H2,1-3H3,(H,36,40). The summed E-state index contributed by atoms with van der Waals surface area (Å²) in [7, 11) is 1.55. The number of esters is 1. The molecule has 2 aromatic heterocycles. The van der Waals surface area contributed by atoms with Crippen LogP contribution in [0.5, 0.6) is 17.2 Å². The first-order valence-electron chi connectivity index (χ1n) is 13.7. The van der Waals surface area contributed by atoms with Crippen LogP contribution in [0.15, 0.2) is 83.8 Å². The number of hydrogen-bond donors (Lipinski definition) is 2. The van der Waals surface area contributed by atoms with E-state index in [-0.39, 0.29) is 30.1 Å². The molecule has 0 spiro atoms. The van der Waals surface area contributed by atoms with Gasteiger partial charge in [-0.05, 0) is 56.3 Å². The number of amides is 1. The molecule has 0 aliphatic heterocycles. The number of hydrogen-bond acceptors (Lipinski definition) is 8. The number of benzene rings is 3. The minimum Gasteiger partial charge on any atom is -0.497 e. The average molecular weight is 600 g/mol. The molecule has 5 rings (SSSR count). The molecule has 226 valence electrons. The predicted molar refractivity (Wildman–Crippen MR) is 162 cm³/mol. The molecule has 0 radical (unpaired) electrons. The minimum absolute atomic E-state index is 0.0684. The third kappa shape index (κ3) is 6.15. The Bertz CT molecular complexity index is 1900. The van der Waals surface area contributed by atoms with Crippen LogP contribution in [0.25, 0.3) is 16.6 Å². The van der Waals surface area contributed by atoms with E-state index >= 15 is 4.39 Å². The van der Waals surface area contributed by atoms with Crippen molar-refractivity contribution in [3.05, 3.63) is 106 Å². The summed E-state index contributed by atoms with van der Waals surface area (Å²) in [5.41, 5.74) is 6.19. The molecule has 1 amide bonds. The Labute approximate surface area is 251 Å². The van der Waals surface area contributed by atoms with Gasteiger partial charge in [0.05, 0.1) is 37.1 Å². The second kappa shape index (κ2) is 12.8. The molecule has 1 atom stereocenters. The zero-order valence-corrected chi connectivity index (χ0v) is 24.2. The van der Waals surface area contributed by atoms with Gasteiger partial charge in [0, 0.05) is 29.4 Å². The molecule has 0 fully saturated rings. The van der Waals surface area contributed by atoms with Crippen molar-refractivity contribution in [1.29, 1.82) is 0 Å². The van der Waals surface area contributed by atoms with Gasteiger partial charge in [-0.1, -0.05) is 18.2 Å². The number of methoxy groups -OCH3 is 1. The van der Waals surface area contributed by atoms with Gasteiger partial charge < -0.3 is 25.3 Å². The number of carbonyl (C=O) groups excluding carboxylic acids is 2. The van der Waals surface area contributed by atoms with Crippen molar-refractivity contribution < 1.29 is 28.2 Å². The van der Waals surface area contributed by atoms with Crippen LogP contribution in [0.2, 0.25) is 0 Å². The van der Waals surface area contributed by atoms with E-state index in [1.807, 2.05) is 0 Å². The molecular formula is C32H30FN5O6. The van der Waals surface area contributed by atoms with Gasteiger partial charge in [-0.15, -0.1) is 0 Å². The molecule has 2 heterocycles. The molecule has 3 aromatic carbocycles. The van der Waals surface area contributed by atoms with Crippen LogP contribution < -0.4 is 26.1 Å². The summed E-state index contributed by atoms with van der Waals surface area (Å²) in [6.07, 6.45) is 0.895. The lowest BCUT2D eigenvalue weighted by molar-refractivity contribution is -0.147. The zero-order valence-electron chi connectivity index (χ0n) is 24.2. The highest BCUT2D eigenvalue weighted by molar-refractivity contribution is 6.05. The number of halogens is 1. The smallest absolute Gasteiger partial charge is 0.320 e. The minimum atomic E-state index is -0.732. The Hall–Kier alpha value is -5.49. The number of ether oxygens (including phenoxy) is 3. The van der Waals surface area contributed by atoms with Crippen LogP contribution in [-0.2, 0) is 16.1 Å². The summed E-state index contributed by atoms with van der Waals surface area (Å²) < 4.78 is 34.5. The van der Waals surface area contributed by atoms with E-state index in [0.717, 1.165) is 6.07 Å². The maximum atomic E-state index is 15.2. The molecule has 11 nitrogen and oxygen atoms in total. The lowest BCUT2D eigenvalue weighted by Gasteiger charge is -2.18. The topological polar surface area (TPSA) is 140 Å². The lowest BCUT2D eigenvalue weighted by Crippen LogP contribution is -2.30. The van der Waals surface area contributed by atoms with Crippen molar-refractivity contribution in [2.45, 2.75) is 26.5 Å². The van der Waals surface area contributed by atoms with Crippen molar-refractivity contribution in [2.75, 3.05) is 19.0 Å². The molecule has 44 heavy (non-hydrogen) atoms. The molecule has 12 heteroatoms. The molecule has 1 unspecified atom stereocenters. The molecular weight excluding hydrogens is 569 g/mol. The maximum Gasteiger partial charge on any atom is 0.320 e. The molecule has 0 saturated heterocycles. The van der Waals surface area contributed by atoms with Crippen molar-refractivity contribution in [3.63, 3.8) is 0 Å². The van der Waals surface area contributed by atoms with Gasteiger partial charge >= 0.3 is 5.97 Å². The van der Waals surface area contributed by atoms with Gasteiger partial charge in [0.25, 0.3) is 11.5 Å². The number of fused-ring (bicyclic) bond motifs is 1. The largest absolute Gasteiger partial charge is 0.497 e. The molecule has 0 aliphatic carbocycles. The second-order valence-corrected chi connectivity index (χ2v) is 9.89. The number of para-hydroxylation sites is 1. The van der Waals surface area contributed by atoms with Crippen LogP contribution in [0, 0.1) is 12.7 Å². The first-order valence-corrected chi connectivity index (χ1v) is 13.7. The van der Waals surface area contributed by atoms with Crippen molar-refractivity contribution in [3.8, 4) is 22.9 Å². The van der Waals surface area contributed by atoms with E-state index in [1.165, 1.54) is 16.8 Å². The van der Waals surface area contributed by atoms with Crippen LogP contribution in [0.1, 0.15) is 23.0 Å². The second-order valence-electron chi connectivity index (χ2n) is 9.89. The number of nitrogens with two attached hydrogens (primary N) is 1. The quantitative estimate of drug-likeness (QED) is 0.223. The average Bonchev–Trinajstić information content (AvgIpc) is 3.26. The third-order valence-corrected chi connectivity index (χ3v) is 6.87. The van der Waals surface area contributed by atoms with E-state index in [9.17, 15) is 14.4 Å². The Kier molecular flexibility index (Phi) is 8.72. The molecule has 0 bridgehead atoms. The van der Waals surface area contributed by atoms with Crippen LogP contribution in [0.3, 0.4) is 0 Å². The molecule has 0 aliphatic rings. The number of nitrogens with one attached hydrogen (secondary N) is 1. The first-order chi connectivity index (χ1) is 21.2. The number of pyridine rings is 1. The van der Waals surface area contributed by atoms with Gasteiger partial charge in [-0.25, -0.2) is 9.07 Å². The van der Waals surface area contributed by atoms with E-state index in [0.29, 0.717) is 33.8 Å². The highest BCUT2D eigenvalue weighted by Gasteiger charge is 2.25. The highest BCUT2D eigenvalue weighted by atomic mass is 19.1. The summed E-state index contributed by atoms with van der Waals surface area (Å²) in [5, 5.41) is 3.27. The third-order valence-electron chi connectivity index (χ3n) is 6.87. The van der Waals surface area contributed by atoms with Crippen LogP contribution in [-0.4, -0.2) is 46.0 Å². The van der Waals surface area contributed by atoms with Crippen molar-refractivity contribution >= 4 is 28.5 Å². The number of nitrogens with zero attached hydrogens (tertiary/aromatic N) is 3. The van der Waals surface area contributed by atoms with E-state index in [2.05, 4.69) is 10.3 Å². The fourth-order valence-electron chi connectivity index (χ4n) is 4.80. The van der Waals surface area contributed by atoms with Crippen molar-refractivity contribution in [1.82, 2.24) is 14.3 Å². The van der Waals surface area contributed by atoms with E-state index < -0.39 is 29.4 Å². The SMILES string of the molecule is COc1ccc2c(Oc3ccc(NC(=O)c4c(C)n(CC(C)OC(=O)CN)n(-c5ccccc5)c4=O)cc3F)ccnc2c1. The Balaban J connectivity index is 1.42. The fourth-order valence-corrected chi connectivity index (χ4v) is 4.80. The van der Waals surface area contributed by atoms with E-state index in [4.69, 9.17) is 19.9 Å². The van der Waals surface area contributed by atoms with Gasteiger partial charge in [0.2, 0.25) is 0 Å². The maximum absolute atomic E-state index is 15.2. The number of anilines is 1. The van der Waals surface area contributed by atoms with Gasteiger partial charge in [0.15, 0.2) is 11.6 Å². The summed E-state index contributed by atoms with van der Waals surface area (Å²) in [6, 6.07) is 19.6. The molecule has 3 N–H and O–H groups in total. The molecule has 5 aromatic rings. The fraction of sp³-hybridized carbons (Fsp3) is 0.188. The summed E-state index contributed by atoms with van der Waals surface area (Å²) >= 11 is 0. The zero-order chi connectivity index (χ0) is 31.4. The summed E-state index contributed by atoms with van der Waals surface area (Å²) in [6.45, 7) is 3.05. The summed E-state index contributed by atoms with van der Waals surface area (Å²) in [5.74, 6) is -1.11. The number of aromatic nitrogens is 3. The normalized spacial score (nSPS) is 11.7. The number of rotatable bonds is 10. The van der Waals surface area contributed by atoms with Crippen molar-refractivity contribution in [2.24, 2.45) is 5.73 Å². The van der Waals surface area contributed by atoms with Gasteiger partial charge in [-0.3, -0.25) is 24.0 Å². The van der Waals surface area contributed by atoms with Gasteiger partial charge in [0.1, 0.15) is 23.2 Å². The van der Waals surface area contributed by atoms with Gasteiger partial charge in [-0.2, -0.15) is 0 Å². The lowest BCUT2D eigenvalue weighted by atomic mass is 10.2. The van der Waals surface area contributed by atoms with Crippen LogP contribution in [0.4, 0.5) is 10.1 Å². The predicted octanol–water partition coefficient (Wildman–Crippen LogP) is 4.58. The number of carbonyl (C=O) groups is 2. The van der Waals surface area contributed by atoms with E-state index in [1.54, 1.807) is 86.4 Å². The Morgan fingerprint density at radius 2 is 1.82 bits per heavy atom. The Morgan fingerprint density at radius 3 is 2.52 bits per heavy atom. The summed E-state index contributed by atoms with van der Waals surface area (Å²) in [4.78, 5) is 43.1. The Morgan fingerprint density at radius 1 is 1.05 bits per heavy atom. The van der Waals surface area contributed by atoms with Crippen LogP contribution >= 0.6 is 0 Å². The molecule has 0 saturated carbocycles.